The van der Waals surface area contributed by atoms with Crippen LogP contribution in [0.4, 0.5) is 0 Å². The van der Waals surface area contributed by atoms with Crippen LogP contribution < -0.4 is 10.5 Å². The molecule has 0 aliphatic carbocycles. The molecule has 0 saturated carbocycles. The van der Waals surface area contributed by atoms with E-state index < -0.39 is 0 Å². The summed E-state index contributed by atoms with van der Waals surface area (Å²) in [4.78, 5) is 4.51. The van der Waals surface area contributed by atoms with Crippen LogP contribution in [-0.4, -0.2) is 12.1 Å². The lowest BCUT2D eigenvalue weighted by atomic mass is 9.99. The van der Waals surface area contributed by atoms with Crippen LogP contribution in [0.2, 0.25) is 0 Å². The summed E-state index contributed by atoms with van der Waals surface area (Å²) in [6.07, 6.45) is 2.53. The number of nitrogens with zero attached hydrogens (tertiary/aromatic N) is 1. The van der Waals surface area contributed by atoms with Crippen LogP contribution in [0.5, 0.6) is 5.75 Å². The zero-order valence-corrected chi connectivity index (χ0v) is 13.6. The number of aromatic nitrogens is 1. The molecule has 0 aliphatic heterocycles. The molecule has 0 spiro atoms. The molecule has 3 nitrogen and oxygen atoms in total. The van der Waals surface area contributed by atoms with Gasteiger partial charge in [-0.05, 0) is 25.5 Å². The Labute approximate surface area is 128 Å². The number of aryl methyl sites for hydroxylation is 1. The normalized spacial score (nSPS) is 12.2. The summed E-state index contributed by atoms with van der Waals surface area (Å²) in [7, 11) is 1.69. The number of rotatable bonds is 4. The van der Waals surface area contributed by atoms with Crippen LogP contribution in [0, 0.1) is 13.8 Å². The van der Waals surface area contributed by atoms with Crippen molar-refractivity contribution < 1.29 is 4.74 Å². The summed E-state index contributed by atoms with van der Waals surface area (Å²) < 4.78 is 6.47. The van der Waals surface area contributed by atoms with E-state index in [-0.39, 0.29) is 6.04 Å². The molecule has 1 heterocycles. The second-order valence-electron chi connectivity index (χ2n) is 4.88. The van der Waals surface area contributed by atoms with Crippen LogP contribution in [0.15, 0.2) is 34.9 Å². The molecule has 106 valence electrons. The summed E-state index contributed by atoms with van der Waals surface area (Å²) in [5.74, 6) is 0.898. The Morgan fingerprint density at radius 2 is 2.00 bits per heavy atom. The van der Waals surface area contributed by atoms with E-state index in [1.807, 2.05) is 44.3 Å². The average molecular weight is 335 g/mol. The van der Waals surface area contributed by atoms with Crippen molar-refractivity contribution in [2.24, 2.45) is 5.73 Å². The van der Waals surface area contributed by atoms with Crippen molar-refractivity contribution in [3.05, 3.63) is 57.3 Å². The molecule has 1 aromatic carbocycles. The van der Waals surface area contributed by atoms with Gasteiger partial charge in [-0.15, -0.1) is 0 Å². The highest BCUT2D eigenvalue weighted by atomic mass is 79.9. The minimum Gasteiger partial charge on any atom is -0.496 e. The fourth-order valence-corrected chi connectivity index (χ4v) is 2.95. The maximum atomic E-state index is 6.32. The Kier molecular flexibility index (Phi) is 4.78. The minimum absolute atomic E-state index is 0.0933. The quantitative estimate of drug-likeness (QED) is 0.927. The second-order valence-corrected chi connectivity index (χ2v) is 5.73. The number of benzene rings is 1. The van der Waals surface area contributed by atoms with Crippen molar-refractivity contribution in [2.75, 3.05) is 7.11 Å². The molecule has 2 rings (SSSR count). The van der Waals surface area contributed by atoms with Crippen LogP contribution in [0.3, 0.4) is 0 Å². The van der Waals surface area contributed by atoms with Crippen LogP contribution in [-0.2, 0) is 6.42 Å². The zero-order chi connectivity index (χ0) is 14.7. The van der Waals surface area contributed by atoms with Crippen molar-refractivity contribution in [3.63, 3.8) is 0 Å². The number of pyridine rings is 1. The fourth-order valence-electron chi connectivity index (χ4n) is 2.37. The molecule has 1 unspecified atom stereocenters. The topological polar surface area (TPSA) is 48.1 Å². The highest BCUT2D eigenvalue weighted by molar-refractivity contribution is 9.10. The number of ether oxygens (including phenoxy) is 1. The van der Waals surface area contributed by atoms with E-state index in [2.05, 4.69) is 20.9 Å². The smallest absolute Gasteiger partial charge is 0.128 e. The molecule has 4 heteroatoms. The van der Waals surface area contributed by atoms with Gasteiger partial charge in [0.25, 0.3) is 0 Å². The monoisotopic (exact) mass is 334 g/mol. The van der Waals surface area contributed by atoms with Crippen molar-refractivity contribution in [1.29, 1.82) is 0 Å². The zero-order valence-electron chi connectivity index (χ0n) is 12.0. The van der Waals surface area contributed by atoms with Gasteiger partial charge >= 0.3 is 0 Å². The third-order valence-electron chi connectivity index (χ3n) is 3.47. The van der Waals surface area contributed by atoms with Gasteiger partial charge in [-0.3, -0.25) is 4.98 Å². The van der Waals surface area contributed by atoms with Crippen molar-refractivity contribution in [1.82, 2.24) is 4.98 Å². The molecule has 0 amide bonds. The summed E-state index contributed by atoms with van der Waals surface area (Å²) in [6, 6.07) is 7.93. The number of nitrogens with two attached hydrogens (primary N) is 1. The van der Waals surface area contributed by atoms with E-state index in [9.17, 15) is 0 Å². The number of halogens is 1. The van der Waals surface area contributed by atoms with Crippen molar-refractivity contribution in [2.45, 2.75) is 26.3 Å². The van der Waals surface area contributed by atoms with E-state index in [0.29, 0.717) is 6.42 Å². The Morgan fingerprint density at radius 1 is 1.30 bits per heavy atom. The van der Waals surface area contributed by atoms with Gasteiger partial charge < -0.3 is 10.5 Å². The third kappa shape index (κ3) is 3.02. The summed E-state index contributed by atoms with van der Waals surface area (Å²) in [5.41, 5.74) is 10.5. The highest BCUT2D eigenvalue weighted by Crippen LogP contribution is 2.28. The molecule has 1 atom stereocenters. The first-order valence-corrected chi connectivity index (χ1v) is 7.33. The summed E-state index contributed by atoms with van der Waals surface area (Å²) >= 11 is 3.54. The van der Waals surface area contributed by atoms with Gasteiger partial charge in [0.15, 0.2) is 0 Å². The van der Waals surface area contributed by atoms with Gasteiger partial charge in [0, 0.05) is 40.0 Å². The van der Waals surface area contributed by atoms with E-state index in [4.69, 9.17) is 10.5 Å². The fraction of sp³-hybridized carbons (Fsp3) is 0.312. The van der Waals surface area contributed by atoms with Crippen molar-refractivity contribution in [3.8, 4) is 5.75 Å². The first-order chi connectivity index (χ1) is 9.54. The van der Waals surface area contributed by atoms with Crippen LogP contribution in [0.1, 0.15) is 28.4 Å². The lowest BCUT2D eigenvalue weighted by Crippen LogP contribution is -2.16. The minimum atomic E-state index is -0.0933. The first-order valence-electron chi connectivity index (χ1n) is 6.53. The summed E-state index contributed by atoms with van der Waals surface area (Å²) in [5, 5.41) is 0. The Balaban J connectivity index is 2.29. The molecule has 20 heavy (non-hydrogen) atoms. The van der Waals surface area contributed by atoms with Crippen molar-refractivity contribution >= 4 is 15.9 Å². The van der Waals surface area contributed by atoms with E-state index in [1.54, 1.807) is 7.11 Å². The number of hydrogen-bond acceptors (Lipinski definition) is 3. The predicted molar refractivity (Wildman–Crippen MR) is 85.0 cm³/mol. The van der Waals surface area contributed by atoms with Crippen LogP contribution >= 0.6 is 15.9 Å². The van der Waals surface area contributed by atoms with Gasteiger partial charge in [-0.25, -0.2) is 0 Å². The lowest BCUT2D eigenvalue weighted by Gasteiger charge is -2.17. The largest absolute Gasteiger partial charge is 0.496 e. The first kappa shape index (κ1) is 15.0. The van der Waals surface area contributed by atoms with E-state index in [0.717, 1.165) is 32.6 Å². The van der Waals surface area contributed by atoms with Crippen LogP contribution in [0.25, 0.3) is 0 Å². The Bertz CT molecular complexity index is 613. The van der Waals surface area contributed by atoms with Gasteiger partial charge in [0.1, 0.15) is 5.75 Å². The molecular formula is C16H19BrN2O. The molecule has 0 bridgehead atoms. The SMILES string of the molecule is COc1c(C)cnc(CC(N)c2ccccc2Br)c1C. The maximum Gasteiger partial charge on any atom is 0.128 e. The molecule has 2 aromatic rings. The molecule has 2 N–H and O–H groups in total. The number of hydrogen-bond donors (Lipinski definition) is 1. The lowest BCUT2D eigenvalue weighted by molar-refractivity contribution is 0.406. The number of methoxy groups -OCH3 is 1. The third-order valence-corrected chi connectivity index (χ3v) is 4.19. The Hall–Kier alpha value is -1.39. The van der Waals surface area contributed by atoms with Gasteiger partial charge in [0.05, 0.1) is 7.11 Å². The molecule has 0 aliphatic rings. The highest BCUT2D eigenvalue weighted by Gasteiger charge is 2.15. The van der Waals surface area contributed by atoms with Gasteiger partial charge in [0.2, 0.25) is 0 Å². The molecule has 0 radical (unpaired) electrons. The summed E-state index contributed by atoms with van der Waals surface area (Å²) in [6.45, 7) is 4.03. The van der Waals surface area contributed by atoms with Gasteiger partial charge in [-0.2, -0.15) is 0 Å². The molecule has 1 aromatic heterocycles. The second kappa shape index (κ2) is 6.37. The molecule has 0 saturated heterocycles. The predicted octanol–water partition coefficient (Wildman–Crippen LogP) is 3.71. The molecule has 0 fully saturated rings. The standard InChI is InChI=1S/C16H19BrN2O/c1-10-9-19-15(11(2)16(10)20-3)8-14(18)12-6-4-5-7-13(12)17/h4-7,9,14H,8,18H2,1-3H3. The van der Waals surface area contributed by atoms with Gasteiger partial charge in [-0.1, -0.05) is 34.1 Å². The maximum absolute atomic E-state index is 6.32. The average Bonchev–Trinajstić information content (AvgIpc) is 2.43. The van der Waals surface area contributed by atoms with E-state index >= 15 is 0 Å². The molecular weight excluding hydrogens is 316 g/mol. The van der Waals surface area contributed by atoms with E-state index in [1.165, 1.54) is 0 Å². The Morgan fingerprint density at radius 3 is 2.65 bits per heavy atom.